The molecule has 4 nitrogen and oxygen atoms in total. The molecule has 0 amide bonds. The fourth-order valence-electron chi connectivity index (χ4n) is 3.08. The summed E-state index contributed by atoms with van der Waals surface area (Å²) in [5, 5.41) is 0. The lowest BCUT2D eigenvalue weighted by Crippen LogP contribution is -2.40. The van der Waals surface area contributed by atoms with Gasteiger partial charge >= 0.3 is 5.97 Å². The Hall–Kier alpha value is -2.50. The van der Waals surface area contributed by atoms with Gasteiger partial charge in [0, 0.05) is 28.8 Å². The van der Waals surface area contributed by atoms with Crippen molar-refractivity contribution in [2.45, 2.75) is 33.3 Å². The molecule has 1 aliphatic heterocycles. The molecule has 2 heterocycles. The number of benzene rings is 1. The van der Waals surface area contributed by atoms with Crippen LogP contribution in [0.1, 0.15) is 25.1 Å². The van der Waals surface area contributed by atoms with Gasteiger partial charge in [0.2, 0.25) is 5.88 Å². The number of carbonyl (C=O) groups is 1. The highest BCUT2D eigenvalue weighted by Gasteiger charge is 2.36. The van der Waals surface area contributed by atoms with E-state index in [1.54, 1.807) is 19.9 Å². The van der Waals surface area contributed by atoms with Gasteiger partial charge in [0.05, 0.1) is 6.61 Å². The Labute approximate surface area is 144 Å². The van der Waals surface area contributed by atoms with Crippen molar-refractivity contribution in [1.82, 2.24) is 4.98 Å². The third-order valence-electron chi connectivity index (χ3n) is 4.24. The van der Waals surface area contributed by atoms with Gasteiger partial charge in [-0.1, -0.05) is 6.92 Å². The van der Waals surface area contributed by atoms with Crippen LogP contribution >= 0.6 is 0 Å². The SMILES string of the molecule is CCOC(=O)C1Oc2nc(C)cc(-c3ccc(F)cc3F)c2CC1C. The minimum absolute atomic E-state index is 0.154. The lowest BCUT2D eigenvalue weighted by molar-refractivity contribution is -0.154. The summed E-state index contributed by atoms with van der Waals surface area (Å²) >= 11 is 0. The Bertz CT molecular complexity index is 823. The summed E-state index contributed by atoms with van der Waals surface area (Å²) in [6, 6.07) is 5.22. The Balaban J connectivity index is 2.06. The zero-order chi connectivity index (χ0) is 18.1. The number of pyridine rings is 1. The maximum absolute atomic E-state index is 14.3. The Morgan fingerprint density at radius 3 is 2.76 bits per heavy atom. The number of carbonyl (C=O) groups excluding carboxylic acids is 1. The van der Waals surface area contributed by atoms with Crippen LogP contribution in [0.2, 0.25) is 0 Å². The number of halogens is 2. The summed E-state index contributed by atoms with van der Waals surface area (Å²) in [7, 11) is 0. The molecule has 3 rings (SSSR count). The van der Waals surface area contributed by atoms with Crippen LogP contribution < -0.4 is 4.74 Å². The van der Waals surface area contributed by atoms with E-state index in [1.807, 2.05) is 6.92 Å². The van der Waals surface area contributed by atoms with Gasteiger partial charge in [0.1, 0.15) is 11.6 Å². The summed E-state index contributed by atoms with van der Waals surface area (Å²) < 4.78 is 38.3. The van der Waals surface area contributed by atoms with Crippen molar-refractivity contribution in [3.63, 3.8) is 0 Å². The van der Waals surface area contributed by atoms with E-state index >= 15 is 0 Å². The zero-order valence-corrected chi connectivity index (χ0v) is 14.3. The van der Waals surface area contributed by atoms with E-state index in [4.69, 9.17) is 9.47 Å². The number of hydrogen-bond donors (Lipinski definition) is 0. The number of nitrogens with zero attached hydrogens (tertiary/aromatic N) is 1. The maximum Gasteiger partial charge on any atom is 0.347 e. The Morgan fingerprint density at radius 1 is 1.32 bits per heavy atom. The van der Waals surface area contributed by atoms with Gasteiger partial charge in [0.25, 0.3) is 0 Å². The van der Waals surface area contributed by atoms with Crippen LogP contribution in [0.3, 0.4) is 0 Å². The molecule has 0 aliphatic carbocycles. The van der Waals surface area contributed by atoms with Crippen molar-refractivity contribution >= 4 is 5.97 Å². The maximum atomic E-state index is 14.3. The van der Waals surface area contributed by atoms with Gasteiger partial charge in [-0.05, 0) is 44.0 Å². The molecule has 1 aromatic carbocycles. The Kier molecular flexibility index (Phi) is 4.70. The zero-order valence-electron chi connectivity index (χ0n) is 14.3. The third-order valence-corrected chi connectivity index (χ3v) is 4.24. The standard InChI is InChI=1S/C19H19F2NO3/c1-4-24-19(23)17-10(2)7-15-14(8-11(3)22-18(15)25-17)13-6-5-12(20)9-16(13)21/h5-6,8-10,17H,4,7H2,1-3H3. The lowest BCUT2D eigenvalue weighted by Gasteiger charge is -2.30. The molecule has 0 saturated heterocycles. The molecular formula is C19H19F2NO3. The first-order chi connectivity index (χ1) is 11.9. The van der Waals surface area contributed by atoms with Gasteiger partial charge in [-0.25, -0.2) is 18.6 Å². The average Bonchev–Trinajstić information content (AvgIpc) is 2.54. The van der Waals surface area contributed by atoms with Gasteiger partial charge in [-0.15, -0.1) is 0 Å². The predicted molar refractivity (Wildman–Crippen MR) is 88.2 cm³/mol. The normalized spacial score (nSPS) is 19.1. The summed E-state index contributed by atoms with van der Waals surface area (Å²) in [6.45, 7) is 5.63. The number of esters is 1. The van der Waals surface area contributed by atoms with E-state index in [2.05, 4.69) is 4.98 Å². The molecule has 2 atom stereocenters. The molecule has 0 bridgehead atoms. The van der Waals surface area contributed by atoms with Crippen molar-refractivity contribution in [3.8, 4) is 17.0 Å². The largest absolute Gasteiger partial charge is 0.463 e. The number of aryl methyl sites for hydroxylation is 1. The number of aromatic nitrogens is 1. The smallest absolute Gasteiger partial charge is 0.347 e. The molecule has 0 spiro atoms. The van der Waals surface area contributed by atoms with Gasteiger partial charge in [-0.3, -0.25) is 0 Å². The van der Waals surface area contributed by atoms with Crippen LogP contribution in [-0.4, -0.2) is 23.7 Å². The molecule has 1 aliphatic rings. The molecular weight excluding hydrogens is 328 g/mol. The molecule has 25 heavy (non-hydrogen) atoms. The van der Waals surface area contributed by atoms with Gasteiger partial charge in [0.15, 0.2) is 6.10 Å². The highest BCUT2D eigenvalue weighted by atomic mass is 19.1. The van der Waals surface area contributed by atoms with Crippen molar-refractivity contribution in [3.05, 3.63) is 47.2 Å². The van der Waals surface area contributed by atoms with Crippen LogP contribution in [-0.2, 0) is 16.0 Å². The van der Waals surface area contributed by atoms with E-state index in [1.165, 1.54) is 12.1 Å². The molecule has 132 valence electrons. The van der Waals surface area contributed by atoms with Crippen LogP contribution in [0.15, 0.2) is 24.3 Å². The summed E-state index contributed by atoms with van der Waals surface area (Å²) in [5.41, 5.74) is 2.22. The topological polar surface area (TPSA) is 48.4 Å². The minimum atomic E-state index is -0.743. The third kappa shape index (κ3) is 3.34. The lowest BCUT2D eigenvalue weighted by atomic mass is 9.88. The number of fused-ring (bicyclic) bond motifs is 1. The van der Waals surface area contributed by atoms with Crippen LogP contribution in [0, 0.1) is 24.5 Å². The van der Waals surface area contributed by atoms with E-state index in [0.717, 1.165) is 6.07 Å². The van der Waals surface area contributed by atoms with Crippen LogP contribution in [0.25, 0.3) is 11.1 Å². The van der Waals surface area contributed by atoms with E-state index in [0.29, 0.717) is 29.1 Å². The Morgan fingerprint density at radius 2 is 2.08 bits per heavy atom. The second-order valence-corrected chi connectivity index (χ2v) is 6.19. The number of rotatable bonds is 3. The fraction of sp³-hybridized carbons (Fsp3) is 0.368. The summed E-state index contributed by atoms with van der Waals surface area (Å²) in [4.78, 5) is 16.4. The quantitative estimate of drug-likeness (QED) is 0.792. The monoisotopic (exact) mass is 347 g/mol. The second-order valence-electron chi connectivity index (χ2n) is 6.19. The van der Waals surface area contributed by atoms with E-state index in [-0.39, 0.29) is 18.1 Å². The second kappa shape index (κ2) is 6.78. The van der Waals surface area contributed by atoms with Gasteiger partial charge < -0.3 is 9.47 Å². The molecule has 0 radical (unpaired) electrons. The first-order valence-corrected chi connectivity index (χ1v) is 8.20. The van der Waals surface area contributed by atoms with Crippen LogP contribution in [0.5, 0.6) is 5.88 Å². The molecule has 1 aromatic heterocycles. The van der Waals surface area contributed by atoms with Crippen molar-refractivity contribution in [2.75, 3.05) is 6.61 Å². The van der Waals surface area contributed by atoms with E-state index < -0.39 is 23.7 Å². The fourth-order valence-corrected chi connectivity index (χ4v) is 3.08. The van der Waals surface area contributed by atoms with Crippen molar-refractivity contribution in [1.29, 1.82) is 0 Å². The highest BCUT2D eigenvalue weighted by molar-refractivity contribution is 5.77. The van der Waals surface area contributed by atoms with Crippen molar-refractivity contribution < 1.29 is 23.0 Å². The van der Waals surface area contributed by atoms with E-state index in [9.17, 15) is 13.6 Å². The minimum Gasteiger partial charge on any atom is -0.463 e. The molecule has 0 fully saturated rings. The highest BCUT2D eigenvalue weighted by Crippen LogP contribution is 2.38. The van der Waals surface area contributed by atoms with Crippen LogP contribution in [0.4, 0.5) is 8.78 Å². The predicted octanol–water partition coefficient (Wildman–Crippen LogP) is 3.84. The summed E-state index contributed by atoms with van der Waals surface area (Å²) in [6.07, 6.45) is -0.259. The molecule has 0 saturated carbocycles. The number of ether oxygens (including phenoxy) is 2. The first-order valence-electron chi connectivity index (χ1n) is 8.20. The van der Waals surface area contributed by atoms with Gasteiger partial charge in [-0.2, -0.15) is 0 Å². The molecule has 2 unspecified atom stereocenters. The van der Waals surface area contributed by atoms with Crippen molar-refractivity contribution in [2.24, 2.45) is 5.92 Å². The summed E-state index contributed by atoms with van der Waals surface area (Å²) in [5.74, 6) is -1.56. The first kappa shape index (κ1) is 17.3. The molecule has 0 N–H and O–H groups in total. The molecule has 6 heteroatoms. The molecule has 2 aromatic rings. The number of hydrogen-bond acceptors (Lipinski definition) is 4. The average molecular weight is 347 g/mol.